The molecule has 3 rings (SSSR count). The summed E-state index contributed by atoms with van der Waals surface area (Å²) in [5.74, 6) is 0.328. The van der Waals surface area contributed by atoms with Crippen LogP contribution in [-0.2, 0) is 9.59 Å². The van der Waals surface area contributed by atoms with Crippen LogP contribution in [0.25, 0.3) is 0 Å². The zero-order chi connectivity index (χ0) is 18.0. The number of rotatable bonds is 7. The molecule has 0 radical (unpaired) electrons. The fraction of sp³-hybridized carbons (Fsp3) is 0.500. The topological polar surface area (TPSA) is 78.5 Å². The van der Waals surface area contributed by atoms with E-state index in [0.717, 1.165) is 28.4 Å². The van der Waals surface area contributed by atoms with Crippen molar-refractivity contribution >= 4 is 29.6 Å². The molecule has 1 aromatic carbocycles. The molecule has 2 aliphatic rings. The molecule has 1 saturated carbocycles. The monoisotopic (exact) mass is 361 g/mol. The lowest BCUT2D eigenvalue weighted by atomic mass is 9.96. The lowest BCUT2D eigenvalue weighted by Crippen LogP contribution is -2.47. The Balaban J connectivity index is 1.42. The van der Waals surface area contributed by atoms with Gasteiger partial charge in [-0.2, -0.15) is 0 Å². The van der Waals surface area contributed by atoms with Gasteiger partial charge in [0.05, 0.1) is 0 Å². The van der Waals surface area contributed by atoms with Crippen LogP contribution in [0.2, 0.25) is 0 Å². The molecule has 0 aromatic heterocycles. The minimum atomic E-state index is -0.835. The molecule has 6 nitrogen and oxygen atoms in total. The van der Waals surface area contributed by atoms with Crippen LogP contribution in [0.15, 0.2) is 29.2 Å². The average molecular weight is 361 g/mol. The Morgan fingerprint density at radius 3 is 2.64 bits per heavy atom. The van der Waals surface area contributed by atoms with Crippen molar-refractivity contribution in [2.24, 2.45) is 5.92 Å². The van der Waals surface area contributed by atoms with Crippen LogP contribution in [0.4, 0.5) is 4.79 Å². The lowest BCUT2D eigenvalue weighted by Gasteiger charge is -2.20. The molecule has 1 heterocycles. The van der Waals surface area contributed by atoms with Gasteiger partial charge in [-0.3, -0.25) is 14.5 Å². The van der Waals surface area contributed by atoms with Gasteiger partial charge in [-0.25, -0.2) is 4.79 Å². The largest absolute Gasteiger partial charge is 0.354 e. The van der Waals surface area contributed by atoms with Gasteiger partial charge in [-0.1, -0.05) is 17.7 Å². The standard InChI is InChI=1S/C18H23N3O3S/c1-12-3-7-14(8-4-12)25-10-9-19-15(22)11-21-16(23)18(2,13-5-6-13)20-17(21)24/h3-4,7-8,13H,5-6,9-11H2,1-2H3,(H,19,22)(H,20,24)/t18-/m0/s1. The summed E-state index contributed by atoms with van der Waals surface area (Å²) in [6.07, 6.45) is 1.89. The zero-order valence-corrected chi connectivity index (χ0v) is 15.3. The molecule has 134 valence electrons. The highest BCUT2D eigenvalue weighted by Gasteiger charge is 2.56. The van der Waals surface area contributed by atoms with Crippen LogP contribution in [0.1, 0.15) is 25.3 Å². The first kappa shape index (κ1) is 17.8. The summed E-state index contributed by atoms with van der Waals surface area (Å²) >= 11 is 1.65. The summed E-state index contributed by atoms with van der Waals surface area (Å²) in [6.45, 7) is 4.06. The number of nitrogens with one attached hydrogen (secondary N) is 2. The molecule has 0 spiro atoms. The number of imide groups is 1. The zero-order valence-electron chi connectivity index (χ0n) is 14.5. The number of thioether (sulfide) groups is 1. The predicted molar refractivity (Wildman–Crippen MR) is 96.3 cm³/mol. The molecule has 4 amide bonds. The molecule has 1 aliphatic carbocycles. The summed E-state index contributed by atoms with van der Waals surface area (Å²) in [4.78, 5) is 38.7. The summed E-state index contributed by atoms with van der Waals surface area (Å²) in [6, 6.07) is 7.73. The lowest BCUT2D eigenvalue weighted by molar-refractivity contribution is -0.135. The van der Waals surface area contributed by atoms with Crippen LogP contribution in [0.3, 0.4) is 0 Å². The Hall–Kier alpha value is -2.02. The molecule has 2 fully saturated rings. The van der Waals surface area contributed by atoms with Crippen molar-refractivity contribution in [2.75, 3.05) is 18.8 Å². The molecule has 0 unspecified atom stereocenters. The number of aryl methyl sites for hydroxylation is 1. The van der Waals surface area contributed by atoms with Crippen LogP contribution >= 0.6 is 11.8 Å². The van der Waals surface area contributed by atoms with E-state index in [2.05, 4.69) is 22.8 Å². The van der Waals surface area contributed by atoms with E-state index >= 15 is 0 Å². The number of urea groups is 1. The minimum Gasteiger partial charge on any atom is -0.354 e. The van der Waals surface area contributed by atoms with Gasteiger partial charge in [0.15, 0.2) is 0 Å². The highest BCUT2D eigenvalue weighted by atomic mass is 32.2. The fourth-order valence-electron chi connectivity index (χ4n) is 2.99. The van der Waals surface area contributed by atoms with Gasteiger partial charge in [0.2, 0.25) is 5.91 Å². The Bertz CT molecular complexity index is 687. The number of hydrogen-bond acceptors (Lipinski definition) is 4. The predicted octanol–water partition coefficient (Wildman–Crippen LogP) is 1.92. The molecule has 1 saturated heterocycles. The number of hydrogen-bond donors (Lipinski definition) is 2. The van der Waals surface area contributed by atoms with Gasteiger partial charge in [-0.05, 0) is 44.7 Å². The van der Waals surface area contributed by atoms with E-state index in [1.807, 2.05) is 19.1 Å². The van der Waals surface area contributed by atoms with Crippen molar-refractivity contribution in [2.45, 2.75) is 37.1 Å². The van der Waals surface area contributed by atoms with E-state index in [1.165, 1.54) is 5.56 Å². The first-order valence-electron chi connectivity index (χ1n) is 8.50. The third-order valence-electron chi connectivity index (χ3n) is 4.71. The van der Waals surface area contributed by atoms with Crippen molar-refractivity contribution < 1.29 is 14.4 Å². The van der Waals surface area contributed by atoms with Crippen molar-refractivity contribution in [3.05, 3.63) is 29.8 Å². The van der Waals surface area contributed by atoms with E-state index in [-0.39, 0.29) is 24.3 Å². The maximum absolute atomic E-state index is 12.5. The fourth-order valence-corrected chi connectivity index (χ4v) is 3.76. The van der Waals surface area contributed by atoms with Gasteiger partial charge >= 0.3 is 6.03 Å². The molecule has 0 bridgehead atoms. The molecular weight excluding hydrogens is 338 g/mol. The summed E-state index contributed by atoms with van der Waals surface area (Å²) < 4.78 is 0. The SMILES string of the molecule is Cc1ccc(SCCNC(=O)CN2C(=O)N[C@@](C)(C3CC3)C2=O)cc1. The maximum atomic E-state index is 12.5. The molecule has 7 heteroatoms. The molecule has 1 aromatic rings. The summed E-state index contributed by atoms with van der Waals surface area (Å²) in [5.41, 5.74) is 0.378. The van der Waals surface area contributed by atoms with E-state index < -0.39 is 11.6 Å². The van der Waals surface area contributed by atoms with E-state index in [1.54, 1.807) is 18.7 Å². The van der Waals surface area contributed by atoms with Gasteiger partial charge < -0.3 is 10.6 Å². The van der Waals surface area contributed by atoms with E-state index in [9.17, 15) is 14.4 Å². The highest BCUT2D eigenvalue weighted by Crippen LogP contribution is 2.42. The van der Waals surface area contributed by atoms with Crippen LogP contribution in [0, 0.1) is 12.8 Å². The minimum absolute atomic E-state index is 0.197. The third-order valence-corrected chi connectivity index (χ3v) is 5.72. The number of carbonyl (C=O) groups is 3. The maximum Gasteiger partial charge on any atom is 0.325 e. The number of carbonyl (C=O) groups excluding carboxylic acids is 3. The number of benzene rings is 1. The molecule has 1 atom stereocenters. The van der Waals surface area contributed by atoms with Crippen molar-refractivity contribution in [3.63, 3.8) is 0 Å². The summed E-state index contributed by atoms with van der Waals surface area (Å²) in [7, 11) is 0. The van der Waals surface area contributed by atoms with Crippen molar-refractivity contribution in [1.82, 2.24) is 15.5 Å². The first-order chi connectivity index (χ1) is 11.9. The average Bonchev–Trinajstić information content (AvgIpc) is 3.40. The molecular formula is C18H23N3O3S. The Kier molecular flexibility index (Phi) is 5.03. The highest BCUT2D eigenvalue weighted by molar-refractivity contribution is 7.99. The second kappa shape index (κ2) is 7.07. The molecule has 25 heavy (non-hydrogen) atoms. The quantitative estimate of drug-likeness (QED) is 0.442. The Morgan fingerprint density at radius 2 is 2.00 bits per heavy atom. The van der Waals surface area contributed by atoms with Gasteiger partial charge in [0.25, 0.3) is 5.91 Å². The van der Waals surface area contributed by atoms with Gasteiger partial charge in [-0.15, -0.1) is 11.8 Å². The summed E-state index contributed by atoms with van der Waals surface area (Å²) in [5, 5.41) is 5.51. The first-order valence-corrected chi connectivity index (χ1v) is 9.49. The van der Waals surface area contributed by atoms with Crippen molar-refractivity contribution in [1.29, 1.82) is 0 Å². The molecule has 1 aliphatic heterocycles. The second-order valence-electron chi connectivity index (χ2n) is 6.81. The smallest absolute Gasteiger partial charge is 0.325 e. The molecule has 2 N–H and O–H groups in total. The van der Waals surface area contributed by atoms with Crippen molar-refractivity contribution in [3.8, 4) is 0 Å². The van der Waals surface area contributed by atoms with Gasteiger partial charge in [0, 0.05) is 17.2 Å². The second-order valence-corrected chi connectivity index (χ2v) is 7.98. The van der Waals surface area contributed by atoms with E-state index in [4.69, 9.17) is 0 Å². The van der Waals surface area contributed by atoms with Crippen LogP contribution < -0.4 is 10.6 Å². The van der Waals surface area contributed by atoms with Gasteiger partial charge in [0.1, 0.15) is 12.1 Å². The van der Waals surface area contributed by atoms with Crippen LogP contribution in [0.5, 0.6) is 0 Å². The Labute approximate surface area is 151 Å². The normalized spacial score (nSPS) is 22.9. The third kappa shape index (κ3) is 3.98. The van der Waals surface area contributed by atoms with E-state index in [0.29, 0.717) is 6.54 Å². The Morgan fingerprint density at radius 1 is 1.32 bits per heavy atom. The number of nitrogens with zero attached hydrogens (tertiary/aromatic N) is 1. The number of amides is 4. The van der Waals surface area contributed by atoms with Crippen LogP contribution in [-0.4, -0.2) is 47.1 Å².